The molecule has 4 heteroatoms. The van der Waals surface area contributed by atoms with Crippen LogP contribution in [0.1, 0.15) is 11.4 Å². The van der Waals surface area contributed by atoms with E-state index >= 15 is 0 Å². The van der Waals surface area contributed by atoms with Crippen LogP contribution in [-0.4, -0.2) is 9.97 Å². The zero-order chi connectivity index (χ0) is 11.4. The molecule has 2 rings (SSSR count). The van der Waals surface area contributed by atoms with Gasteiger partial charge in [0.25, 0.3) is 0 Å². The highest BCUT2D eigenvalue weighted by atomic mass is 35.5. The third-order valence-electron chi connectivity index (χ3n) is 2.12. The second-order valence-electron chi connectivity index (χ2n) is 3.35. The molecule has 0 aliphatic carbocycles. The lowest BCUT2D eigenvalue weighted by molar-refractivity contribution is 1.03. The van der Waals surface area contributed by atoms with Gasteiger partial charge in [0.05, 0.1) is 5.75 Å². The average molecular weight is 251 g/mol. The number of thioether (sulfide) groups is 1. The number of rotatable bonds is 3. The predicted molar refractivity (Wildman–Crippen MR) is 67.8 cm³/mol. The third kappa shape index (κ3) is 2.97. The lowest BCUT2D eigenvalue weighted by atomic mass is 10.2. The van der Waals surface area contributed by atoms with E-state index in [-0.39, 0.29) is 0 Å². The quantitative estimate of drug-likeness (QED) is 0.613. The van der Waals surface area contributed by atoms with Crippen molar-refractivity contribution in [2.45, 2.75) is 17.6 Å². The summed E-state index contributed by atoms with van der Waals surface area (Å²) in [5, 5.41) is 0.496. The summed E-state index contributed by atoms with van der Waals surface area (Å²) in [7, 11) is 0. The van der Waals surface area contributed by atoms with Crippen LogP contribution in [0.15, 0.2) is 41.4 Å². The Balaban J connectivity index is 2.05. The Morgan fingerprint density at radius 1 is 1.25 bits per heavy atom. The molecule has 1 heterocycles. The molecule has 2 nitrogen and oxygen atoms in total. The normalized spacial score (nSPS) is 10.4. The second-order valence-corrected chi connectivity index (χ2v) is 4.75. The van der Waals surface area contributed by atoms with Crippen LogP contribution >= 0.6 is 23.4 Å². The minimum absolute atomic E-state index is 0.496. The smallest absolute Gasteiger partial charge is 0.140 e. The first-order valence-electron chi connectivity index (χ1n) is 4.91. The molecule has 0 aliphatic heterocycles. The van der Waals surface area contributed by atoms with Gasteiger partial charge in [0.15, 0.2) is 0 Å². The van der Waals surface area contributed by atoms with Gasteiger partial charge in [-0.1, -0.05) is 29.8 Å². The molecule has 0 N–H and O–H groups in total. The van der Waals surface area contributed by atoms with Crippen LogP contribution in [0, 0.1) is 6.92 Å². The van der Waals surface area contributed by atoms with Crippen molar-refractivity contribution in [1.29, 1.82) is 0 Å². The number of hydrogen-bond donors (Lipinski definition) is 0. The fraction of sp³-hybridized carbons (Fsp3) is 0.167. The van der Waals surface area contributed by atoms with Crippen molar-refractivity contribution in [2.75, 3.05) is 0 Å². The Kier molecular flexibility index (Phi) is 3.80. The zero-order valence-corrected chi connectivity index (χ0v) is 10.4. The topological polar surface area (TPSA) is 25.8 Å². The maximum Gasteiger partial charge on any atom is 0.140 e. The first-order valence-corrected chi connectivity index (χ1v) is 6.28. The van der Waals surface area contributed by atoms with Gasteiger partial charge in [-0.2, -0.15) is 0 Å². The Hall–Kier alpha value is -1.06. The first-order chi connectivity index (χ1) is 7.75. The molecule has 0 atom stereocenters. The summed E-state index contributed by atoms with van der Waals surface area (Å²) in [6.07, 6.45) is 1.68. The molecule has 0 saturated carbocycles. The molecule has 0 aliphatic rings. The Bertz CT molecular complexity index is 488. The molecule has 0 fully saturated rings. The van der Waals surface area contributed by atoms with Gasteiger partial charge in [0, 0.05) is 11.1 Å². The van der Waals surface area contributed by atoms with E-state index in [4.69, 9.17) is 11.6 Å². The van der Waals surface area contributed by atoms with Crippen LogP contribution in [0.3, 0.4) is 0 Å². The largest absolute Gasteiger partial charge is 0.240 e. The van der Waals surface area contributed by atoms with Gasteiger partial charge in [-0.25, -0.2) is 9.97 Å². The van der Waals surface area contributed by atoms with Crippen molar-refractivity contribution >= 4 is 23.4 Å². The van der Waals surface area contributed by atoms with Gasteiger partial charge in [0.2, 0.25) is 0 Å². The second kappa shape index (κ2) is 5.32. The number of aromatic nitrogens is 2. The summed E-state index contributed by atoms with van der Waals surface area (Å²) in [6, 6.07) is 9.96. The standard InChI is InChI=1S/C12H11ClN2S/c1-9-4-2-3-5-10(9)16-8-12-14-7-6-11(13)15-12/h2-7H,8H2,1H3. The summed E-state index contributed by atoms with van der Waals surface area (Å²) in [6.45, 7) is 2.10. The summed E-state index contributed by atoms with van der Waals surface area (Å²) < 4.78 is 0. The molecule has 0 amide bonds. The van der Waals surface area contributed by atoms with Gasteiger partial charge in [-0.05, 0) is 24.6 Å². The van der Waals surface area contributed by atoms with E-state index in [9.17, 15) is 0 Å². The highest BCUT2D eigenvalue weighted by molar-refractivity contribution is 7.98. The minimum Gasteiger partial charge on any atom is -0.240 e. The van der Waals surface area contributed by atoms with E-state index < -0.39 is 0 Å². The van der Waals surface area contributed by atoms with Crippen LogP contribution in [0.4, 0.5) is 0 Å². The molecular formula is C12H11ClN2S. The predicted octanol–water partition coefficient (Wildman–Crippen LogP) is 3.73. The number of hydrogen-bond acceptors (Lipinski definition) is 3. The fourth-order valence-electron chi connectivity index (χ4n) is 1.30. The molecule has 0 radical (unpaired) electrons. The van der Waals surface area contributed by atoms with Gasteiger partial charge in [0.1, 0.15) is 11.0 Å². The average Bonchev–Trinajstić information content (AvgIpc) is 2.28. The lowest BCUT2D eigenvalue weighted by Gasteiger charge is -2.04. The minimum atomic E-state index is 0.496. The van der Waals surface area contributed by atoms with Crippen molar-refractivity contribution in [1.82, 2.24) is 9.97 Å². The molecule has 82 valence electrons. The number of halogens is 1. The van der Waals surface area contributed by atoms with Gasteiger partial charge in [-0.3, -0.25) is 0 Å². The summed E-state index contributed by atoms with van der Waals surface area (Å²) >= 11 is 7.52. The SMILES string of the molecule is Cc1ccccc1SCc1nccc(Cl)n1. The van der Waals surface area contributed by atoms with Crippen molar-refractivity contribution in [2.24, 2.45) is 0 Å². The molecule has 1 aromatic heterocycles. The van der Waals surface area contributed by atoms with Crippen LogP contribution in [0.5, 0.6) is 0 Å². The van der Waals surface area contributed by atoms with E-state index in [1.807, 2.05) is 12.1 Å². The molecule has 16 heavy (non-hydrogen) atoms. The van der Waals surface area contributed by atoms with Crippen molar-refractivity contribution in [3.8, 4) is 0 Å². The van der Waals surface area contributed by atoms with Gasteiger partial charge in [-0.15, -0.1) is 11.8 Å². The molecule has 0 saturated heterocycles. The highest BCUT2D eigenvalue weighted by Crippen LogP contribution is 2.24. The molecule has 0 unspecified atom stereocenters. The zero-order valence-electron chi connectivity index (χ0n) is 8.85. The monoisotopic (exact) mass is 250 g/mol. The van der Waals surface area contributed by atoms with Crippen LogP contribution in [0.2, 0.25) is 5.15 Å². The van der Waals surface area contributed by atoms with Crippen molar-refractivity contribution in [3.63, 3.8) is 0 Å². The third-order valence-corrected chi connectivity index (χ3v) is 3.50. The molecule has 1 aromatic carbocycles. The Morgan fingerprint density at radius 2 is 2.06 bits per heavy atom. The van der Waals surface area contributed by atoms with Gasteiger partial charge < -0.3 is 0 Å². The fourth-order valence-corrected chi connectivity index (χ4v) is 2.35. The summed E-state index contributed by atoms with van der Waals surface area (Å²) in [5.41, 5.74) is 1.27. The van der Waals surface area contributed by atoms with Crippen molar-refractivity contribution < 1.29 is 0 Å². The van der Waals surface area contributed by atoms with E-state index in [0.717, 1.165) is 11.6 Å². The maximum atomic E-state index is 5.80. The van der Waals surface area contributed by atoms with E-state index in [0.29, 0.717) is 5.15 Å². The summed E-state index contributed by atoms with van der Waals surface area (Å²) in [4.78, 5) is 9.57. The Morgan fingerprint density at radius 3 is 2.81 bits per heavy atom. The molecular weight excluding hydrogens is 240 g/mol. The van der Waals surface area contributed by atoms with E-state index in [2.05, 4.69) is 29.0 Å². The van der Waals surface area contributed by atoms with Crippen LogP contribution in [-0.2, 0) is 5.75 Å². The number of aryl methyl sites for hydroxylation is 1. The number of benzene rings is 1. The molecule has 2 aromatic rings. The van der Waals surface area contributed by atoms with Crippen LogP contribution < -0.4 is 0 Å². The highest BCUT2D eigenvalue weighted by Gasteiger charge is 2.01. The maximum absolute atomic E-state index is 5.80. The number of nitrogens with zero attached hydrogens (tertiary/aromatic N) is 2. The molecule has 0 bridgehead atoms. The lowest BCUT2D eigenvalue weighted by Crippen LogP contribution is -1.91. The molecule has 0 spiro atoms. The van der Waals surface area contributed by atoms with E-state index in [1.165, 1.54) is 10.5 Å². The van der Waals surface area contributed by atoms with E-state index in [1.54, 1.807) is 24.0 Å². The van der Waals surface area contributed by atoms with Crippen LogP contribution in [0.25, 0.3) is 0 Å². The summed E-state index contributed by atoms with van der Waals surface area (Å²) in [5.74, 6) is 1.51. The van der Waals surface area contributed by atoms with Gasteiger partial charge >= 0.3 is 0 Å². The van der Waals surface area contributed by atoms with Crippen molar-refractivity contribution in [3.05, 3.63) is 53.1 Å². The Labute approximate surface area is 104 Å². The first kappa shape index (κ1) is 11.4.